The molecule has 0 aliphatic heterocycles. The predicted molar refractivity (Wildman–Crippen MR) is 98.9 cm³/mol. The largest absolute Gasteiger partial charge is 0.494 e. The first-order valence-corrected chi connectivity index (χ1v) is 8.16. The highest BCUT2D eigenvalue weighted by Crippen LogP contribution is 2.28. The molecule has 0 spiro atoms. The third-order valence-electron chi connectivity index (χ3n) is 3.85. The van der Waals surface area contributed by atoms with E-state index in [0.717, 1.165) is 28.5 Å². The first-order valence-electron chi connectivity index (χ1n) is 8.16. The van der Waals surface area contributed by atoms with Crippen LogP contribution in [-0.2, 0) is 5.41 Å². The van der Waals surface area contributed by atoms with Gasteiger partial charge in [0.1, 0.15) is 5.75 Å². The van der Waals surface area contributed by atoms with Gasteiger partial charge in [-0.1, -0.05) is 20.8 Å². The van der Waals surface area contributed by atoms with Crippen LogP contribution in [0, 0.1) is 6.92 Å². The van der Waals surface area contributed by atoms with E-state index >= 15 is 0 Å². The van der Waals surface area contributed by atoms with E-state index in [9.17, 15) is 0 Å². The van der Waals surface area contributed by atoms with Gasteiger partial charge in [-0.2, -0.15) is 0 Å². The fraction of sp³-hybridized carbons (Fsp3) is 0.316. The van der Waals surface area contributed by atoms with Crippen molar-refractivity contribution in [2.24, 2.45) is 0 Å². The van der Waals surface area contributed by atoms with Crippen molar-refractivity contribution in [3.05, 3.63) is 54.4 Å². The molecule has 25 heavy (non-hydrogen) atoms. The zero-order valence-electron chi connectivity index (χ0n) is 15.2. The lowest BCUT2D eigenvalue weighted by Gasteiger charge is -2.18. The summed E-state index contributed by atoms with van der Waals surface area (Å²) in [4.78, 5) is 13.2. The molecule has 6 heteroatoms. The van der Waals surface area contributed by atoms with E-state index in [4.69, 9.17) is 4.74 Å². The smallest absolute Gasteiger partial charge is 0.227 e. The minimum atomic E-state index is -0.0276. The highest BCUT2D eigenvalue weighted by Gasteiger charge is 2.16. The molecule has 1 N–H and O–H groups in total. The van der Waals surface area contributed by atoms with E-state index in [1.807, 2.05) is 42.0 Å². The Morgan fingerprint density at radius 2 is 1.92 bits per heavy atom. The number of nitrogens with zero attached hydrogens (tertiary/aromatic N) is 4. The molecule has 0 atom stereocenters. The molecule has 130 valence electrons. The standard InChI is InChI=1S/C19H23N5O/c1-13-11-24(12-21-13)15-7-6-14(10-16(15)25-5)22-18-20-9-8-17(23-18)19(2,3)4/h6-12H,1-5H3,(H,20,22,23). The lowest BCUT2D eigenvalue weighted by molar-refractivity contribution is 0.413. The van der Waals surface area contributed by atoms with Crippen LogP contribution in [0.3, 0.4) is 0 Å². The van der Waals surface area contributed by atoms with Crippen LogP contribution in [0.5, 0.6) is 5.75 Å². The van der Waals surface area contributed by atoms with Crippen molar-refractivity contribution in [1.29, 1.82) is 0 Å². The maximum atomic E-state index is 5.54. The summed E-state index contributed by atoms with van der Waals surface area (Å²) in [5, 5.41) is 3.25. The van der Waals surface area contributed by atoms with Gasteiger partial charge in [-0.25, -0.2) is 15.0 Å². The Kier molecular flexibility index (Phi) is 4.44. The molecule has 0 amide bonds. The number of anilines is 2. The van der Waals surface area contributed by atoms with Crippen LogP contribution in [0.25, 0.3) is 5.69 Å². The van der Waals surface area contributed by atoms with Crippen molar-refractivity contribution < 1.29 is 4.74 Å². The summed E-state index contributed by atoms with van der Waals surface area (Å²) < 4.78 is 7.48. The predicted octanol–water partition coefficient (Wildman–Crippen LogP) is 4.02. The number of hydrogen-bond acceptors (Lipinski definition) is 5. The van der Waals surface area contributed by atoms with Gasteiger partial charge < -0.3 is 14.6 Å². The van der Waals surface area contributed by atoms with Gasteiger partial charge in [0.05, 0.1) is 30.5 Å². The molecule has 3 aromatic rings. The maximum Gasteiger partial charge on any atom is 0.227 e. The Labute approximate surface area is 147 Å². The van der Waals surface area contributed by atoms with Crippen molar-refractivity contribution in [2.75, 3.05) is 12.4 Å². The number of imidazole rings is 1. The van der Waals surface area contributed by atoms with Gasteiger partial charge in [-0.05, 0) is 25.1 Å². The normalized spacial score (nSPS) is 11.4. The Hall–Kier alpha value is -2.89. The second kappa shape index (κ2) is 6.55. The second-order valence-corrected chi connectivity index (χ2v) is 6.95. The topological polar surface area (TPSA) is 64.9 Å². The molecule has 2 aromatic heterocycles. The van der Waals surface area contributed by atoms with Gasteiger partial charge in [0.25, 0.3) is 0 Å². The molecular formula is C19H23N5O. The molecule has 0 radical (unpaired) electrons. The minimum absolute atomic E-state index is 0.0276. The molecule has 0 saturated heterocycles. The van der Waals surface area contributed by atoms with Crippen molar-refractivity contribution in [3.8, 4) is 11.4 Å². The van der Waals surface area contributed by atoms with Crippen LogP contribution in [0.4, 0.5) is 11.6 Å². The molecule has 0 bridgehead atoms. The van der Waals surface area contributed by atoms with Gasteiger partial charge in [0.15, 0.2) is 0 Å². The van der Waals surface area contributed by atoms with Crippen molar-refractivity contribution in [1.82, 2.24) is 19.5 Å². The Bertz CT molecular complexity index is 880. The van der Waals surface area contributed by atoms with Gasteiger partial charge in [0, 0.05) is 29.6 Å². The van der Waals surface area contributed by atoms with Gasteiger partial charge in [-0.15, -0.1) is 0 Å². The summed E-state index contributed by atoms with van der Waals surface area (Å²) in [6.07, 6.45) is 5.51. The monoisotopic (exact) mass is 337 g/mol. The van der Waals surface area contributed by atoms with Crippen LogP contribution in [0.15, 0.2) is 43.0 Å². The number of aryl methyl sites for hydroxylation is 1. The van der Waals surface area contributed by atoms with E-state index in [2.05, 4.69) is 41.0 Å². The maximum absolute atomic E-state index is 5.54. The summed E-state index contributed by atoms with van der Waals surface area (Å²) >= 11 is 0. The summed E-state index contributed by atoms with van der Waals surface area (Å²) in [7, 11) is 1.66. The van der Waals surface area contributed by atoms with Crippen LogP contribution in [-0.4, -0.2) is 26.6 Å². The van der Waals surface area contributed by atoms with E-state index in [0.29, 0.717) is 5.95 Å². The molecule has 3 rings (SSSR count). The average Bonchev–Trinajstić information content (AvgIpc) is 3.00. The lowest BCUT2D eigenvalue weighted by atomic mass is 9.92. The fourth-order valence-corrected chi connectivity index (χ4v) is 2.49. The first-order chi connectivity index (χ1) is 11.9. The van der Waals surface area contributed by atoms with Gasteiger partial charge >= 0.3 is 0 Å². The number of aromatic nitrogens is 4. The molecule has 0 fully saturated rings. The molecule has 0 saturated carbocycles. The molecule has 1 aromatic carbocycles. The summed E-state index contributed by atoms with van der Waals surface area (Å²) in [5.74, 6) is 1.31. The number of nitrogens with one attached hydrogen (secondary N) is 1. The van der Waals surface area contributed by atoms with Gasteiger partial charge in [-0.3, -0.25) is 0 Å². The van der Waals surface area contributed by atoms with Gasteiger partial charge in [0.2, 0.25) is 5.95 Å². The molecule has 6 nitrogen and oxygen atoms in total. The number of benzene rings is 1. The van der Waals surface area contributed by atoms with Crippen molar-refractivity contribution in [3.63, 3.8) is 0 Å². The van der Waals surface area contributed by atoms with Crippen LogP contribution in [0.1, 0.15) is 32.2 Å². The highest BCUT2D eigenvalue weighted by atomic mass is 16.5. The quantitative estimate of drug-likeness (QED) is 0.779. The van der Waals surface area contributed by atoms with Crippen LogP contribution < -0.4 is 10.1 Å². The number of rotatable bonds is 4. The second-order valence-electron chi connectivity index (χ2n) is 6.95. The lowest BCUT2D eigenvalue weighted by Crippen LogP contribution is -2.14. The SMILES string of the molecule is COc1cc(Nc2nccc(C(C)(C)C)n2)ccc1-n1cnc(C)c1. The minimum Gasteiger partial charge on any atom is -0.494 e. The third-order valence-corrected chi connectivity index (χ3v) is 3.85. The first kappa shape index (κ1) is 17.0. The molecule has 0 aliphatic carbocycles. The summed E-state index contributed by atoms with van der Waals surface area (Å²) in [6.45, 7) is 8.34. The van der Waals surface area contributed by atoms with Crippen molar-refractivity contribution >= 4 is 11.6 Å². The Morgan fingerprint density at radius 3 is 2.56 bits per heavy atom. The zero-order valence-corrected chi connectivity index (χ0v) is 15.2. The fourth-order valence-electron chi connectivity index (χ4n) is 2.49. The average molecular weight is 337 g/mol. The zero-order chi connectivity index (χ0) is 18.0. The van der Waals surface area contributed by atoms with E-state index in [1.54, 1.807) is 19.6 Å². The highest BCUT2D eigenvalue weighted by molar-refractivity contribution is 5.62. The number of ether oxygens (including phenoxy) is 1. The number of hydrogen-bond donors (Lipinski definition) is 1. The molecular weight excluding hydrogens is 314 g/mol. The van der Waals surface area contributed by atoms with Crippen molar-refractivity contribution in [2.45, 2.75) is 33.1 Å². The van der Waals surface area contributed by atoms with Crippen LogP contribution >= 0.6 is 0 Å². The number of methoxy groups -OCH3 is 1. The Balaban J connectivity index is 1.89. The molecule has 2 heterocycles. The molecule has 0 aliphatic rings. The van der Waals surface area contributed by atoms with E-state index in [-0.39, 0.29) is 5.41 Å². The van der Waals surface area contributed by atoms with E-state index < -0.39 is 0 Å². The Morgan fingerprint density at radius 1 is 1.12 bits per heavy atom. The summed E-state index contributed by atoms with van der Waals surface area (Å²) in [6, 6.07) is 7.82. The third kappa shape index (κ3) is 3.79. The van der Waals surface area contributed by atoms with E-state index in [1.165, 1.54) is 0 Å². The van der Waals surface area contributed by atoms with Crippen LogP contribution in [0.2, 0.25) is 0 Å². The summed E-state index contributed by atoms with van der Waals surface area (Å²) in [5.41, 5.74) is 3.71. The molecule has 0 unspecified atom stereocenters.